The van der Waals surface area contributed by atoms with Gasteiger partial charge < -0.3 is 15.0 Å². The molecule has 0 aliphatic carbocycles. The third-order valence-electron chi connectivity index (χ3n) is 3.72. The monoisotopic (exact) mass is 276 g/mol. The van der Waals surface area contributed by atoms with Crippen molar-refractivity contribution in [2.24, 2.45) is 0 Å². The highest BCUT2D eigenvalue weighted by atomic mass is 16.5. The number of ether oxygens (including phenoxy) is 1. The first-order valence-corrected chi connectivity index (χ1v) is 7.32. The number of nitrogens with one attached hydrogen (secondary N) is 1. The zero-order valence-corrected chi connectivity index (χ0v) is 12.4. The fourth-order valence-corrected chi connectivity index (χ4v) is 2.67. The maximum Gasteiger partial charge on any atom is 0.223 e. The minimum absolute atomic E-state index is 0.139. The standard InChI is InChI=1S/C16H24N2O2/c1-13(19)18-10-3-4-15-12-14(5-6-16(15)18)7-8-17-9-11-20-2/h5-6,12,17H,3-4,7-11H2,1-2H3. The number of anilines is 1. The first-order chi connectivity index (χ1) is 9.72. The molecule has 1 N–H and O–H groups in total. The molecule has 1 heterocycles. The Balaban J connectivity index is 1.95. The SMILES string of the molecule is COCCNCCc1ccc2c(c1)CCCN2C(C)=O. The number of hydrogen-bond donors (Lipinski definition) is 1. The summed E-state index contributed by atoms with van der Waals surface area (Å²) in [6.45, 7) is 5.08. The molecule has 110 valence electrons. The van der Waals surface area contributed by atoms with Gasteiger partial charge in [0.05, 0.1) is 6.61 Å². The highest BCUT2D eigenvalue weighted by Gasteiger charge is 2.19. The summed E-state index contributed by atoms with van der Waals surface area (Å²) in [4.78, 5) is 13.5. The van der Waals surface area contributed by atoms with Crippen molar-refractivity contribution in [1.29, 1.82) is 0 Å². The van der Waals surface area contributed by atoms with Gasteiger partial charge in [0.15, 0.2) is 0 Å². The number of fused-ring (bicyclic) bond motifs is 1. The van der Waals surface area contributed by atoms with Gasteiger partial charge in [0, 0.05) is 32.8 Å². The molecule has 0 spiro atoms. The smallest absolute Gasteiger partial charge is 0.223 e. The van der Waals surface area contributed by atoms with E-state index < -0.39 is 0 Å². The summed E-state index contributed by atoms with van der Waals surface area (Å²) < 4.78 is 5.00. The molecule has 0 fully saturated rings. The van der Waals surface area contributed by atoms with E-state index in [0.29, 0.717) is 0 Å². The summed E-state index contributed by atoms with van der Waals surface area (Å²) in [5.41, 5.74) is 3.74. The van der Waals surface area contributed by atoms with Gasteiger partial charge in [0.2, 0.25) is 5.91 Å². The first-order valence-electron chi connectivity index (χ1n) is 7.32. The Morgan fingerprint density at radius 3 is 3.00 bits per heavy atom. The van der Waals surface area contributed by atoms with Gasteiger partial charge >= 0.3 is 0 Å². The van der Waals surface area contributed by atoms with Crippen molar-refractivity contribution in [3.63, 3.8) is 0 Å². The molecule has 0 aromatic heterocycles. The van der Waals surface area contributed by atoms with Gasteiger partial charge in [-0.1, -0.05) is 12.1 Å². The number of aryl methyl sites for hydroxylation is 1. The second-order valence-electron chi connectivity index (χ2n) is 5.23. The Morgan fingerprint density at radius 1 is 1.40 bits per heavy atom. The lowest BCUT2D eigenvalue weighted by molar-refractivity contribution is -0.116. The van der Waals surface area contributed by atoms with Gasteiger partial charge in [-0.3, -0.25) is 4.79 Å². The lowest BCUT2D eigenvalue weighted by Crippen LogP contribution is -2.33. The fraction of sp³-hybridized carbons (Fsp3) is 0.562. The number of amides is 1. The number of nitrogens with zero attached hydrogens (tertiary/aromatic N) is 1. The van der Waals surface area contributed by atoms with Gasteiger partial charge in [-0.2, -0.15) is 0 Å². The minimum atomic E-state index is 0.139. The maximum absolute atomic E-state index is 11.6. The first kappa shape index (κ1) is 15.0. The van der Waals surface area contributed by atoms with E-state index in [1.807, 2.05) is 4.90 Å². The zero-order chi connectivity index (χ0) is 14.4. The predicted molar refractivity (Wildman–Crippen MR) is 81.2 cm³/mol. The molecule has 0 saturated carbocycles. The van der Waals surface area contributed by atoms with E-state index in [2.05, 4.69) is 23.5 Å². The lowest BCUT2D eigenvalue weighted by Gasteiger charge is -2.29. The number of carbonyl (C=O) groups is 1. The largest absolute Gasteiger partial charge is 0.383 e. The average molecular weight is 276 g/mol. The Morgan fingerprint density at radius 2 is 2.25 bits per heavy atom. The highest BCUT2D eigenvalue weighted by Crippen LogP contribution is 2.28. The van der Waals surface area contributed by atoms with Crippen LogP contribution in [0.4, 0.5) is 5.69 Å². The highest BCUT2D eigenvalue weighted by molar-refractivity contribution is 5.92. The molecule has 2 rings (SSSR count). The van der Waals surface area contributed by atoms with Crippen LogP contribution in [0.1, 0.15) is 24.5 Å². The summed E-state index contributed by atoms with van der Waals surface area (Å²) in [5.74, 6) is 0.139. The van der Waals surface area contributed by atoms with E-state index in [-0.39, 0.29) is 5.91 Å². The molecule has 0 bridgehead atoms. The van der Waals surface area contributed by atoms with Crippen LogP contribution >= 0.6 is 0 Å². The molecule has 4 nitrogen and oxygen atoms in total. The zero-order valence-electron chi connectivity index (χ0n) is 12.4. The molecule has 0 radical (unpaired) electrons. The normalized spacial score (nSPS) is 14.2. The molecule has 1 aromatic carbocycles. The average Bonchev–Trinajstić information content (AvgIpc) is 2.46. The van der Waals surface area contributed by atoms with Crippen molar-refractivity contribution < 1.29 is 9.53 Å². The van der Waals surface area contributed by atoms with Crippen LogP contribution in [0.15, 0.2) is 18.2 Å². The third-order valence-corrected chi connectivity index (χ3v) is 3.72. The molecule has 1 aliphatic rings. The molecule has 4 heteroatoms. The van der Waals surface area contributed by atoms with Crippen LogP contribution in [-0.2, 0) is 22.4 Å². The number of hydrogen-bond acceptors (Lipinski definition) is 3. The van der Waals surface area contributed by atoms with E-state index in [1.54, 1.807) is 14.0 Å². The maximum atomic E-state index is 11.6. The number of methoxy groups -OCH3 is 1. The Labute approximate surface area is 121 Å². The summed E-state index contributed by atoms with van der Waals surface area (Å²) in [6.07, 6.45) is 3.14. The van der Waals surface area contributed by atoms with E-state index in [4.69, 9.17) is 4.74 Å². The van der Waals surface area contributed by atoms with E-state index in [9.17, 15) is 4.79 Å². The summed E-state index contributed by atoms with van der Waals surface area (Å²) in [6, 6.07) is 6.49. The van der Waals surface area contributed by atoms with Crippen LogP contribution in [0.5, 0.6) is 0 Å². The van der Waals surface area contributed by atoms with E-state index >= 15 is 0 Å². The second kappa shape index (κ2) is 7.41. The minimum Gasteiger partial charge on any atom is -0.383 e. The van der Waals surface area contributed by atoms with Gasteiger partial charge in [0.1, 0.15) is 0 Å². The molecule has 1 amide bonds. The molecular formula is C16H24N2O2. The number of rotatable bonds is 6. The second-order valence-corrected chi connectivity index (χ2v) is 5.23. The van der Waals surface area contributed by atoms with Crippen molar-refractivity contribution in [3.05, 3.63) is 29.3 Å². The van der Waals surface area contributed by atoms with Gasteiger partial charge in [-0.05, 0) is 43.0 Å². The Bertz CT molecular complexity index is 460. The van der Waals surface area contributed by atoms with Crippen LogP contribution in [0.2, 0.25) is 0 Å². The van der Waals surface area contributed by atoms with Crippen LogP contribution in [-0.4, -0.2) is 39.3 Å². The van der Waals surface area contributed by atoms with Gasteiger partial charge in [-0.25, -0.2) is 0 Å². The van der Waals surface area contributed by atoms with E-state index in [0.717, 1.165) is 51.2 Å². The summed E-state index contributed by atoms with van der Waals surface area (Å²) >= 11 is 0. The molecule has 1 aromatic rings. The van der Waals surface area contributed by atoms with Crippen molar-refractivity contribution in [2.45, 2.75) is 26.2 Å². The Hall–Kier alpha value is -1.39. The molecule has 0 atom stereocenters. The van der Waals surface area contributed by atoms with E-state index in [1.165, 1.54) is 11.1 Å². The molecule has 1 aliphatic heterocycles. The predicted octanol–water partition coefficient (Wildman–Crippen LogP) is 1.76. The quantitative estimate of drug-likeness (QED) is 0.805. The topological polar surface area (TPSA) is 41.6 Å². The molecule has 20 heavy (non-hydrogen) atoms. The van der Waals surface area contributed by atoms with Crippen LogP contribution in [0.25, 0.3) is 0 Å². The number of carbonyl (C=O) groups excluding carboxylic acids is 1. The Kier molecular flexibility index (Phi) is 5.56. The van der Waals surface area contributed by atoms with Gasteiger partial charge in [-0.15, -0.1) is 0 Å². The third kappa shape index (κ3) is 3.81. The van der Waals surface area contributed by atoms with Crippen molar-refractivity contribution in [2.75, 3.05) is 38.3 Å². The van der Waals surface area contributed by atoms with Crippen LogP contribution in [0, 0.1) is 0 Å². The molecular weight excluding hydrogens is 252 g/mol. The fourth-order valence-electron chi connectivity index (χ4n) is 2.67. The van der Waals surface area contributed by atoms with Crippen molar-refractivity contribution in [3.8, 4) is 0 Å². The van der Waals surface area contributed by atoms with Crippen LogP contribution in [0.3, 0.4) is 0 Å². The number of benzene rings is 1. The summed E-state index contributed by atoms with van der Waals surface area (Å²) in [7, 11) is 1.71. The molecule has 0 unspecified atom stereocenters. The lowest BCUT2D eigenvalue weighted by atomic mass is 9.98. The van der Waals surface area contributed by atoms with Gasteiger partial charge in [0.25, 0.3) is 0 Å². The molecule has 0 saturated heterocycles. The van der Waals surface area contributed by atoms with Crippen LogP contribution < -0.4 is 10.2 Å². The van der Waals surface area contributed by atoms with Crippen molar-refractivity contribution >= 4 is 11.6 Å². The summed E-state index contributed by atoms with van der Waals surface area (Å²) in [5, 5.41) is 3.35. The van der Waals surface area contributed by atoms with Crippen molar-refractivity contribution in [1.82, 2.24) is 5.32 Å².